The van der Waals surface area contributed by atoms with Crippen LogP contribution in [0, 0.1) is 18.9 Å². The Kier molecular flexibility index (Phi) is 2.17. The first kappa shape index (κ1) is 7.60. The average molecular weight is 153 g/mol. The summed E-state index contributed by atoms with van der Waals surface area (Å²) in [6.07, 6.45) is 7.42. The number of piperidine rings is 1. The van der Waals surface area contributed by atoms with Crippen LogP contribution in [0.25, 0.3) is 0 Å². The molecule has 0 radical (unpaired) electrons. The monoisotopic (exact) mass is 153 g/mol. The van der Waals surface area contributed by atoms with E-state index in [0.717, 1.165) is 11.8 Å². The minimum Gasteiger partial charge on any atom is -0.468 e. The van der Waals surface area contributed by atoms with Gasteiger partial charge in [-0.2, -0.15) is 7.05 Å². The highest BCUT2D eigenvalue weighted by atomic mass is 15.1. The zero-order chi connectivity index (χ0) is 7.68. The van der Waals surface area contributed by atoms with Gasteiger partial charge in [-0.3, -0.25) is 0 Å². The second-order valence-electron chi connectivity index (χ2n) is 4.30. The molecule has 11 heavy (non-hydrogen) atoms. The summed E-state index contributed by atoms with van der Waals surface area (Å²) in [5, 5.41) is 0. The molecule has 2 aliphatic rings. The van der Waals surface area contributed by atoms with E-state index in [0.29, 0.717) is 0 Å². The Bertz CT molecular complexity index is 133. The lowest BCUT2D eigenvalue weighted by Crippen LogP contribution is -3.09. The van der Waals surface area contributed by atoms with Crippen molar-refractivity contribution in [2.75, 3.05) is 13.1 Å². The summed E-state index contributed by atoms with van der Waals surface area (Å²) < 4.78 is 0. The van der Waals surface area contributed by atoms with Crippen LogP contribution >= 0.6 is 0 Å². The molecule has 0 amide bonds. The highest BCUT2D eigenvalue weighted by Crippen LogP contribution is 2.32. The molecule has 2 fully saturated rings. The number of rotatable bonds is 0. The number of hydrogen-bond donors (Lipinski definition) is 1. The molecule has 1 aliphatic carbocycles. The standard InChI is InChI=1S/C10H19N/c1-11-7-6-9-4-2-3-5-10(9)8-11/h9-11H,1-8H2/t9-,10-/m0/s1. The molecule has 0 bridgehead atoms. The van der Waals surface area contributed by atoms with Crippen molar-refractivity contribution >= 4 is 0 Å². The van der Waals surface area contributed by atoms with Crippen LogP contribution in [0.4, 0.5) is 0 Å². The third kappa shape index (κ3) is 1.58. The van der Waals surface area contributed by atoms with Crippen LogP contribution < -0.4 is 4.90 Å². The van der Waals surface area contributed by atoms with Gasteiger partial charge >= 0.3 is 0 Å². The highest BCUT2D eigenvalue weighted by Gasteiger charge is 2.30. The van der Waals surface area contributed by atoms with E-state index < -0.39 is 0 Å². The van der Waals surface area contributed by atoms with Crippen LogP contribution in [-0.4, -0.2) is 13.1 Å². The molecule has 0 aromatic heterocycles. The van der Waals surface area contributed by atoms with Gasteiger partial charge in [-0.15, -0.1) is 0 Å². The molecular formula is C10H19N. The number of quaternary nitrogens is 1. The first-order valence-electron chi connectivity index (χ1n) is 5.03. The van der Waals surface area contributed by atoms with E-state index in [4.69, 9.17) is 0 Å². The Morgan fingerprint density at radius 1 is 1.00 bits per heavy atom. The van der Waals surface area contributed by atoms with Gasteiger partial charge < -0.3 is 4.90 Å². The maximum absolute atomic E-state index is 4.11. The first-order valence-corrected chi connectivity index (χ1v) is 5.03. The minimum atomic E-state index is 1.03. The van der Waals surface area contributed by atoms with Gasteiger partial charge in [-0.25, -0.2) is 0 Å². The van der Waals surface area contributed by atoms with Crippen molar-refractivity contribution in [1.29, 1.82) is 0 Å². The molecule has 1 N–H and O–H groups in total. The molecule has 64 valence electrons. The second kappa shape index (κ2) is 3.14. The van der Waals surface area contributed by atoms with E-state index in [-0.39, 0.29) is 0 Å². The van der Waals surface area contributed by atoms with Crippen molar-refractivity contribution in [3.8, 4) is 0 Å². The van der Waals surface area contributed by atoms with E-state index >= 15 is 0 Å². The molecule has 1 saturated heterocycles. The molecule has 3 atom stereocenters. The summed E-state index contributed by atoms with van der Waals surface area (Å²) in [7, 11) is 4.11. The van der Waals surface area contributed by atoms with E-state index in [1.165, 1.54) is 50.1 Å². The van der Waals surface area contributed by atoms with Gasteiger partial charge in [-0.05, 0) is 25.2 Å². The van der Waals surface area contributed by atoms with Crippen molar-refractivity contribution in [1.82, 2.24) is 0 Å². The van der Waals surface area contributed by atoms with Gasteiger partial charge in [-0.1, -0.05) is 12.8 Å². The predicted molar refractivity (Wildman–Crippen MR) is 46.1 cm³/mol. The number of nitrogens with one attached hydrogen (secondary N) is 1. The Morgan fingerprint density at radius 2 is 1.73 bits per heavy atom. The molecular weight excluding hydrogens is 134 g/mol. The largest absolute Gasteiger partial charge is 0.468 e. The van der Waals surface area contributed by atoms with Crippen LogP contribution in [0.2, 0.25) is 0 Å². The van der Waals surface area contributed by atoms with E-state index in [1.807, 2.05) is 0 Å². The normalized spacial score (nSPS) is 45.0. The molecule has 1 heteroatoms. The molecule has 0 spiro atoms. The van der Waals surface area contributed by atoms with Gasteiger partial charge in [0, 0.05) is 5.92 Å². The van der Waals surface area contributed by atoms with E-state index in [9.17, 15) is 0 Å². The maximum Gasteiger partial charge on any atom is 0.0561 e. The van der Waals surface area contributed by atoms with Crippen LogP contribution in [-0.2, 0) is 0 Å². The molecule has 1 aliphatic heterocycles. The Hall–Kier alpha value is -0.0400. The number of hydrogen-bond acceptors (Lipinski definition) is 0. The maximum atomic E-state index is 4.11. The molecule has 1 heterocycles. The summed E-state index contributed by atoms with van der Waals surface area (Å²) >= 11 is 0. The summed E-state index contributed by atoms with van der Waals surface area (Å²) in [5.74, 6) is 2.11. The van der Waals surface area contributed by atoms with Crippen molar-refractivity contribution < 1.29 is 4.90 Å². The van der Waals surface area contributed by atoms with Crippen LogP contribution in [0.1, 0.15) is 32.1 Å². The first-order chi connectivity index (χ1) is 5.36. The van der Waals surface area contributed by atoms with Gasteiger partial charge in [0.2, 0.25) is 0 Å². The Balaban J connectivity index is 1.93. The van der Waals surface area contributed by atoms with E-state index in [2.05, 4.69) is 7.05 Å². The van der Waals surface area contributed by atoms with Gasteiger partial charge in [0.25, 0.3) is 0 Å². The fourth-order valence-electron chi connectivity index (χ4n) is 2.80. The van der Waals surface area contributed by atoms with Crippen LogP contribution in [0.15, 0.2) is 0 Å². The molecule has 1 unspecified atom stereocenters. The third-order valence-electron chi connectivity index (χ3n) is 3.49. The summed E-state index contributed by atoms with van der Waals surface area (Å²) in [6.45, 7) is 2.67. The third-order valence-corrected chi connectivity index (χ3v) is 3.49. The molecule has 2 rings (SSSR count). The van der Waals surface area contributed by atoms with Crippen LogP contribution in [0.3, 0.4) is 0 Å². The second-order valence-corrected chi connectivity index (χ2v) is 4.30. The average Bonchev–Trinajstić information content (AvgIpc) is 2.04. The predicted octanol–water partition coefficient (Wildman–Crippen LogP) is 0.873. The van der Waals surface area contributed by atoms with Gasteiger partial charge in [0.1, 0.15) is 0 Å². The van der Waals surface area contributed by atoms with Crippen molar-refractivity contribution in [3.05, 3.63) is 7.05 Å². The summed E-state index contributed by atoms with van der Waals surface area (Å²) in [5.41, 5.74) is 0. The SMILES string of the molecule is [CH2-][NH+]1CC[C@@H]2CCCC[C@H]2C1. The highest BCUT2D eigenvalue weighted by molar-refractivity contribution is 4.76. The van der Waals surface area contributed by atoms with Crippen molar-refractivity contribution in [2.24, 2.45) is 11.8 Å². The van der Waals surface area contributed by atoms with E-state index in [1.54, 1.807) is 0 Å². The van der Waals surface area contributed by atoms with Crippen LogP contribution in [0.5, 0.6) is 0 Å². The van der Waals surface area contributed by atoms with Crippen molar-refractivity contribution in [2.45, 2.75) is 32.1 Å². The fourth-order valence-corrected chi connectivity index (χ4v) is 2.80. The lowest BCUT2D eigenvalue weighted by atomic mass is 9.75. The Morgan fingerprint density at radius 3 is 2.55 bits per heavy atom. The van der Waals surface area contributed by atoms with Gasteiger partial charge in [0.05, 0.1) is 13.1 Å². The lowest BCUT2D eigenvalue weighted by molar-refractivity contribution is -0.865. The number of likely N-dealkylation sites (tertiary alicyclic amines) is 1. The lowest BCUT2D eigenvalue weighted by Gasteiger charge is -2.40. The fraction of sp³-hybridized carbons (Fsp3) is 0.900. The zero-order valence-electron chi connectivity index (χ0n) is 7.31. The van der Waals surface area contributed by atoms with Crippen molar-refractivity contribution in [3.63, 3.8) is 0 Å². The summed E-state index contributed by atoms with van der Waals surface area (Å²) in [6, 6.07) is 0. The minimum absolute atomic E-state index is 1.03. The zero-order valence-corrected chi connectivity index (χ0v) is 7.31. The molecule has 1 saturated carbocycles. The topological polar surface area (TPSA) is 4.44 Å². The Labute approximate surface area is 69.8 Å². The molecule has 1 nitrogen and oxygen atoms in total. The number of fused-ring (bicyclic) bond motifs is 1. The van der Waals surface area contributed by atoms with Gasteiger partial charge in [0.15, 0.2) is 0 Å². The summed E-state index contributed by atoms with van der Waals surface area (Å²) in [4.78, 5) is 1.52. The smallest absolute Gasteiger partial charge is 0.0561 e. The molecule has 0 aromatic rings. The quantitative estimate of drug-likeness (QED) is 0.493. The molecule has 0 aromatic carbocycles.